The van der Waals surface area contributed by atoms with E-state index in [0.717, 1.165) is 29.1 Å². The summed E-state index contributed by atoms with van der Waals surface area (Å²) in [5.41, 5.74) is 0.898. The van der Waals surface area contributed by atoms with Crippen LogP contribution in [0.15, 0.2) is 29.6 Å². The predicted octanol–water partition coefficient (Wildman–Crippen LogP) is 4.65. The molecule has 0 aliphatic rings. The fraction of sp³-hybridized carbons (Fsp3) is 0.308. The zero-order chi connectivity index (χ0) is 11.4. The number of rotatable bonds is 5. The Morgan fingerprint density at radius 3 is 2.88 bits per heavy atom. The number of carbonyl (C=O) groups excluding carboxylic acids is 1. The van der Waals surface area contributed by atoms with Crippen molar-refractivity contribution >= 4 is 43.1 Å². The number of unbranched alkanes of at least 4 members (excludes halogenated alkanes) is 1. The van der Waals surface area contributed by atoms with E-state index in [9.17, 15) is 4.79 Å². The van der Waals surface area contributed by atoms with Crippen LogP contribution in [0.1, 0.15) is 29.6 Å². The van der Waals surface area contributed by atoms with Crippen LogP contribution in [0.2, 0.25) is 0 Å². The van der Waals surface area contributed by atoms with Gasteiger partial charge in [0.1, 0.15) is 0 Å². The minimum atomic E-state index is 0.276. The molecule has 1 aromatic heterocycles. The Morgan fingerprint density at radius 2 is 2.06 bits per heavy atom. The predicted molar refractivity (Wildman–Crippen MR) is 73.8 cm³/mol. The summed E-state index contributed by atoms with van der Waals surface area (Å²) in [5.74, 6) is 0.276. The standard InChI is InChI=1S/C13H13BrOS/c14-8-4-3-6-12(15)11-9-16-13-7-2-1-5-10(11)13/h1-2,5,7,9H,3-4,6,8H2. The number of carbonyl (C=O) groups is 1. The normalized spacial score (nSPS) is 10.8. The van der Waals surface area contributed by atoms with E-state index >= 15 is 0 Å². The van der Waals surface area contributed by atoms with Crippen molar-refractivity contribution in [3.05, 3.63) is 35.2 Å². The van der Waals surface area contributed by atoms with Gasteiger partial charge in [0.25, 0.3) is 0 Å². The lowest BCUT2D eigenvalue weighted by Crippen LogP contribution is -1.97. The summed E-state index contributed by atoms with van der Waals surface area (Å²) < 4.78 is 1.20. The van der Waals surface area contributed by atoms with Gasteiger partial charge < -0.3 is 0 Å². The lowest BCUT2D eigenvalue weighted by atomic mass is 10.1. The van der Waals surface area contributed by atoms with Crippen LogP contribution in [0.3, 0.4) is 0 Å². The van der Waals surface area contributed by atoms with Crippen LogP contribution >= 0.6 is 27.3 Å². The number of thiophene rings is 1. The SMILES string of the molecule is O=C(CCCCBr)c1csc2ccccc12. The fourth-order valence-electron chi connectivity index (χ4n) is 1.71. The molecular weight excluding hydrogens is 284 g/mol. The summed E-state index contributed by atoms with van der Waals surface area (Å²) in [6.45, 7) is 0. The Balaban J connectivity index is 2.17. The zero-order valence-corrected chi connectivity index (χ0v) is 11.3. The molecule has 0 saturated carbocycles. The van der Waals surface area contributed by atoms with Crippen molar-refractivity contribution in [2.24, 2.45) is 0 Å². The molecular formula is C13H13BrOS. The first-order chi connectivity index (χ1) is 7.83. The van der Waals surface area contributed by atoms with Crippen LogP contribution in [-0.4, -0.2) is 11.1 Å². The fourth-order valence-corrected chi connectivity index (χ4v) is 3.07. The molecule has 3 heteroatoms. The number of ketones is 1. The van der Waals surface area contributed by atoms with E-state index in [1.54, 1.807) is 11.3 Å². The summed E-state index contributed by atoms with van der Waals surface area (Å²) in [4.78, 5) is 12.0. The van der Waals surface area contributed by atoms with Crippen molar-refractivity contribution < 1.29 is 4.79 Å². The van der Waals surface area contributed by atoms with Gasteiger partial charge in [-0.25, -0.2) is 0 Å². The van der Waals surface area contributed by atoms with E-state index in [1.165, 1.54) is 4.70 Å². The van der Waals surface area contributed by atoms with Crippen molar-refractivity contribution in [1.82, 2.24) is 0 Å². The van der Waals surface area contributed by atoms with Gasteiger partial charge in [-0.1, -0.05) is 34.1 Å². The molecule has 1 aromatic carbocycles. The molecule has 1 heterocycles. The first-order valence-electron chi connectivity index (χ1n) is 5.38. The lowest BCUT2D eigenvalue weighted by molar-refractivity contribution is 0.0982. The van der Waals surface area contributed by atoms with E-state index in [0.29, 0.717) is 6.42 Å². The van der Waals surface area contributed by atoms with Crippen LogP contribution in [0, 0.1) is 0 Å². The first-order valence-corrected chi connectivity index (χ1v) is 7.38. The summed E-state index contributed by atoms with van der Waals surface area (Å²) >= 11 is 5.03. The van der Waals surface area contributed by atoms with Gasteiger partial charge in [0.15, 0.2) is 5.78 Å². The molecule has 0 bridgehead atoms. The molecule has 0 saturated heterocycles. The average Bonchev–Trinajstić information content (AvgIpc) is 2.73. The van der Waals surface area contributed by atoms with Gasteiger partial charge >= 0.3 is 0 Å². The molecule has 0 amide bonds. The van der Waals surface area contributed by atoms with Crippen LogP contribution in [0.4, 0.5) is 0 Å². The van der Waals surface area contributed by atoms with Gasteiger partial charge in [-0.3, -0.25) is 4.79 Å². The molecule has 0 unspecified atom stereocenters. The Labute approximate surface area is 108 Å². The summed E-state index contributed by atoms with van der Waals surface area (Å²) in [5, 5.41) is 4.07. The van der Waals surface area contributed by atoms with Gasteiger partial charge in [-0.2, -0.15) is 0 Å². The van der Waals surface area contributed by atoms with E-state index in [-0.39, 0.29) is 5.78 Å². The zero-order valence-electron chi connectivity index (χ0n) is 8.91. The highest BCUT2D eigenvalue weighted by Gasteiger charge is 2.10. The number of benzene rings is 1. The molecule has 2 aromatic rings. The quantitative estimate of drug-likeness (QED) is 0.446. The lowest BCUT2D eigenvalue weighted by Gasteiger charge is -1.98. The second-order valence-corrected chi connectivity index (χ2v) is 5.42. The third kappa shape index (κ3) is 2.53. The summed E-state index contributed by atoms with van der Waals surface area (Å²) in [6, 6.07) is 8.10. The van der Waals surface area contributed by atoms with Crippen molar-refractivity contribution in [1.29, 1.82) is 0 Å². The third-order valence-electron chi connectivity index (χ3n) is 2.57. The average molecular weight is 297 g/mol. The molecule has 0 fully saturated rings. The van der Waals surface area contributed by atoms with E-state index < -0.39 is 0 Å². The molecule has 0 aliphatic heterocycles. The largest absolute Gasteiger partial charge is 0.294 e. The van der Waals surface area contributed by atoms with Gasteiger partial charge in [0.2, 0.25) is 0 Å². The molecule has 0 N–H and O–H groups in total. The smallest absolute Gasteiger partial charge is 0.164 e. The highest BCUT2D eigenvalue weighted by molar-refractivity contribution is 9.09. The number of alkyl halides is 1. The van der Waals surface area contributed by atoms with Gasteiger partial charge in [0, 0.05) is 32.8 Å². The molecule has 0 aliphatic carbocycles. The molecule has 0 spiro atoms. The number of fused-ring (bicyclic) bond motifs is 1. The maximum Gasteiger partial charge on any atom is 0.164 e. The van der Waals surface area contributed by atoms with Crippen molar-refractivity contribution in [2.45, 2.75) is 19.3 Å². The van der Waals surface area contributed by atoms with E-state index in [4.69, 9.17) is 0 Å². The minimum Gasteiger partial charge on any atom is -0.294 e. The topological polar surface area (TPSA) is 17.1 Å². The van der Waals surface area contributed by atoms with Gasteiger partial charge in [-0.15, -0.1) is 11.3 Å². The number of hydrogen-bond donors (Lipinski definition) is 0. The number of Topliss-reactive ketones (excluding diaryl/α,β-unsaturated/α-hetero) is 1. The Bertz CT molecular complexity index is 489. The molecule has 0 atom stereocenters. The van der Waals surface area contributed by atoms with Gasteiger partial charge in [0.05, 0.1) is 0 Å². The Kier molecular flexibility index (Phi) is 4.13. The molecule has 0 radical (unpaired) electrons. The first kappa shape index (κ1) is 11.8. The highest BCUT2D eigenvalue weighted by atomic mass is 79.9. The maximum absolute atomic E-state index is 12.0. The monoisotopic (exact) mass is 296 g/mol. The summed E-state index contributed by atoms with van der Waals surface area (Å²) in [6.07, 6.45) is 2.69. The maximum atomic E-state index is 12.0. The van der Waals surface area contributed by atoms with Crippen LogP contribution < -0.4 is 0 Å². The highest BCUT2D eigenvalue weighted by Crippen LogP contribution is 2.26. The van der Waals surface area contributed by atoms with Crippen molar-refractivity contribution in [3.63, 3.8) is 0 Å². The second kappa shape index (κ2) is 5.60. The second-order valence-electron chi connectivity index (χ2n) is 3.71. The van der Waals surface area contributed by atoms with E-state index in [2.05, 4.69) is 22.0 Å². The minimum absolute atomic E-state index is 0.276. The van der Waals surface area contributed by atoms with E-state index in [1.807, 2.05) is 23.6 Å². The molecule has 84 valence electrons. The van der Waals surface area contributed by atoms with Crippen LogP contribution in [-0.2, 0) is 0 Å². The summed E-state index contributed by atoms with van der Waals surface area (Å²) in [7, 11) is 0. The Morgan fingerprint density at radius 1 is 1.25 bits per heavy atom. The number of halogens is 1. The van der Waals surface area contributed by atoms with Crippen molar-refractivity contribution in [2.75, 3.05) is 5.33 Å². The van der Waals surface area contributed by atoms with Crippen LogP contribution in [0.25, 0.3) is 10.1 Å². The molecule has 2 rings (SSSR count). The van der Waals surface area contributed by atoms with Crippen LogP contribution in [0.5, 0.6) is 0 Å². The molecule has 16 heavy (non-hydrogen) atoms. The van der Waals surface area contributed by atoms with Crippen molar-refractivity contribution in [3.8, 4) is 0 Å². The number of hydrogen-bond acceptors (Lipinski definition) is 2. The Hall–Kier alpha value is -0.670. The van der Waals surface area contributed by atoms with Gasteiger partial charge in [-0.05, 0) is 18.9 Å². The third-order valence-corrected chi connectivity index (χ3v) is 4.09. The molecule has 1 nitrogen and oxygen atoms in total.